The summed E-state index contributed by atoms with van der Waals surface area (Å²) in [6.45, 7) is 10.2. The lowest BCUT2D eigenvalue weighted by atomic mass is 10.0. The summed E-state index contributed by atoms with van der Waals surface area (Å²) in [4.78, 5) is 29.3. The normalized spacial score (nSPS) is 17.8. The summed E-state index contributed by atoms with van der Waals surface area (Å²) in [5.74, 6) is 0.863. The molecular formula is C21H31N3O3S. The molecule has 28 heavy (non-hydrogen) atoms. The van der Waals surface area contributed by atoms with Crippen molar-refractivity contribution in [2.75, 3.05) is 5.75 Å². The van der Waals surface area contributed by atoms with Crippen LogP contribution in [0.3, 0.4) is 0 Å². The fourth-order valence-electron chi connectivity index (χ4n) is 2.76. The van der Waals surface area contributed by atoms with Crippen LogP contribution in [0.15, 0.2) is 35.3 Å². The zero-order chi connectivity index (χ0) is 20.7. The third-order valence-electron chi connectivity index (χ3n) is 3.98. The minimum atomic E-state index is -0.559. The van der Waals surface area contributed by atoms with Crippen LogP contribution in [0.4, 0.5) is 4.79 Å². The van der Waals surface area contributed by atoms with Gasteiger partial charge in [0, 0.05) is 12.3 Å². The summed E-state index contributed by atoms with van der Waals surface area (Å²) in [7, 11) is 0. The zero-order valence-corrected chi connectivity index (χ0v) is 18.1. The van der Waals surface area contributed by atoms with Crippen molar-refractivity contribution in [3.63, 3.8) is 0 Å². The molecule has 0 spiro atoms. The summed E-state index contributed by atoms with van der Waals surface area (Å²) in [6.07, 6.45) is 0.280. The van der Waals surface area contributed by atoms with E-state index >= 15 is 0 Å². The molecule has 6 nitrogen and oxygen atoms in total. The van der Waals surface area contributed by atoms with E-state index in [1.165, 1.54) is 11.8 Å². The van der Waals surface area contributed by atoms with E-state index in [0.29, 0.717) is 18.2 Å². The highest BCUT2D eigenvalue weighted by Gasteiger charge is 2.31. The van der Waals surface area contributed by atoms with E-state index in [-0.39, 0.29) is 11.9 Å². The molecule has 0 fully saturated rings. The first-order chi connectivity index (χ1) is 13.1. The number of hydrogen-bond acceptors (Lipinski definition) is 5. The predicted molar refractivity (Wildman–Crippen MR) is 115 cm³/mol. The summed E-state index contributed by atoms with van der Waals surface area (Å²) in [6, 6.07) is 9.11. The van der Waals surface area contributed by atoms with Crippen molar-refractivity contribution in [3.05, 3.63) is 35.9 Å². The number of alkyl carbamates (subject to hydrolysis) is 1. The Morgan fingerprint density at radius 1 is 1.25 bits per heavy atom. The van der Waals surface area contributed by atoms with E-state index in [1.807, 2.05) is 51.1 Å². The van der Waals surface area contributed by atoms with Gasteiger partial charge in [-0.3, -0.25) is 9.79 Å². The van der Waals surface area contributed by atoms with Crippen LogP contribution in [-0.4, -0.2) is 40.5 Å². The SMILES string of the molecule is CC(C)C[C@H](NC(=O)OC(C)(C)C)C1=N[C@H](C(=O)NCc2ccccc2)CS1. The highest BCUT2D eigenvalue weighted by molar-refractivity contribution is 8.14. The highest BCUT2D eigenvalue weighted by atomic mass is 32.2. The number of aliphatic imine (C=N–C) groups is 1. The van der Waals surface area contributed by atoms with Gasteiger partial charge in [-0.1, -0.05) is 44.2 Å². The van der Waals surface area contributed by atoms with Gasteiger partial charge in [0.1, 0.15) is 11.6 Å². The number of ether oxygens (including phenoxy) is 1. The first-order valence-electron chi connectivity index (χ1n) is 9.65. The van der Waals surface area contributed by atoms with E-state index in [9.17, 15) is 9.59 Å². The molecule has 0 radical (unpaired) electrons. The van der Waals surface area contributed by atoms with Gasteiger partial charge in [-0.05, 0) is 38.7 Å². The van der Waals surface area contributed by atoms with Crippen LogP contribution >= 0.6 is 11.8 Å². The van der Waals surface area contributed by atoms with Crippen molar-refractivity contribution in [1.82, 2.24) is 10.6 Å². The van der Waals surface area contributed by atoms with Crippen molar-refractivity contribution >= 4 is 28.8 Å². The minimum absolute atomic E-state index is 0.0908. The Bertz CT molecular complexity index is 699. The van der Waals surface area contributed by atoms with Crippen LogP contribution in [0.5, 0.6) is 0 Å². The molecule has 7 heteroatoms. The Morgan fingerprint density at radius 3 is 2.54 bits per heavy atom. The Morgan fingerprint density at radius 2 is 1.93 bits per heavy atom. The molecule has 1 aromatic rings. The maximum absolute atomic E-state index is 12.5. The van der Waals surface area contributed by atoms with Gasteiger partial charge < -0.3 is 15.4 Å². The summed E-state index contributed by atoms with van der Waals surface area (Å²) in [5, 5.41) is 6.65. The molecule has 0 saturated heterocycles. The predicted octanol–water partition coefficient (Wildman–Crippen LogP) is 3.76. The first kappa shape index (κ1) is 22.3. The zero-order valence-electron chi connectivity index (χ0n) is 17.3. The Labute approximate surface area is 171 Å². The van der Waals surface area contributed by atoms with Gasteiger partial charge in [0.05, 0.1) is 11.1 Å². The molecule has 0 bridgehead atoms. The smallest absolute Gasteiger partial charge is 0.408 e. The van der Waals surface area contributed by atoms with E-state index in [2.05, 4.69) is 29.5 Å². The maximum atomic E-state index is 12.5. The van der Waals surface area contributed by atoms with Gasteiger partial charge in [-0.2, -0.15) is 0 Å². The van der Waals surface area contributed by atoms with Gasteiger partial charge in [0.25, 0.3) is 0 Å². The average molecular weight is 406 g/mol. The molecule has 1 aliphatic heterocycles. The lowest BCUT2D eigenvalue weighted by Crippen LogP contribution is -2.43. The number of rotatable bonds is 7. The fourth-order valence-corrected chi connectivity index (χ4v) is 3.88. The summed E-state index contributed by atoms with van der Waals surface area (Å²) in [5.41, 5.74) is 0.492. The van der Waals surface area contributed by atoms with Gasteiger partial charge in [0.2, 0.25) is 5.91 Å². The monoisotopic (exact) mass is 405 g/mol. The van der Waals surface area contributed by atoms with Crippen molar-refractivity contribution in [2.45, 2.75) is 65.3 Å². The second-order valence-electron chi connectivity index (χ2n) is 8.33. The number of benzene rings is 1. The molecule has 1 heterocycles. The number of nitrogens with zero attached hydrogens (tertiary/aromatic N) is 1. The average Bonchev–Trinajstić information content (AvgIpc) is 3.08. The molecule has 0 saturated carbocycles. The second kappa shape index (κ2) is 9.96. The van der Waals surface area contributed by atoms with Crippen LogP contribution in [0.1, 0.15) is 46.6 Å². The van der Waals surface area contributed by atoms with Gasteiger partial charge in [-0.25, -0.2) is 4.79 Å². The molecule has 2 atom stereocenters. The summed E-state index contributed by atoms with van der Waals surface area (Å²) < 4.78 is 5.38. The Balaban J connectivity index is 1.97. The minimum Gasteiger partial charge on any atom is -0.444 e. The summed E-state index contributed by atoms with van der Waals surface area (Å²) >= 11 is 1.53. The topological polar surface area (TPSA) is 79.8 Å². The number of carbonyl (C=O) groups excluding carboxylic acids is 2. The largest absolute Gasteiger partial charge is 0.444 e. The molecule has 0 aromatic heterocycles. The van der Waals surface area contributed by atoms with Gasteiger partial charge in [-0.15, -0.1) is 11.8 Å². The Kier molecular flexibility index (Phi) is 7.92. The third kappa shape index (κ3) is 7.54. The van der Waals surface area contributed by atoms with Crippen molar-refractivity contribution in [2.24, 2.45) is 10.9 Å². The number of nitrogens with one attached hydrogen (secondary N) is 2. The molecule has 0 unspecified atom stereocenters. The molecule has 1 aliphatic rings. The van der Waals surface area contributed by atoms with Crippen LogP contribution in [-0.2, 0) is 16.1 Å². The van der Waals surface area contributed by atoms with Crippen molar-refractivity contribution in [1.29, 1.82) is 0 Å². The van der Waals surface area contributed by atoms with Crippen LogP contribution in [0.2, 0.25) is 0 Å². The third-order valence-corrected chi connectivity index (χ3v) is 5.15. The van der Waals surface area contributed by atoms with Gasteiger partial charge >= 0.3 is 6.09 Å². The number of amides is 2. The van der Waals surface area contributed by atoms with Gasteiger partial charge in [0.15, 0.2) is 0 Å². The molecule has 154 valence electrons. The number of hydrogen-bond donors (Lipinski definition) is 2. The molecular weight excluding hydrogens is 374 g/mol. The fraction of sp³-hybridized carbons (Fsp3) is 0.571. The quantitative estimate of drug-likeness (QED) is 0.724. The first-order valence-corrected chi connectivity index (χ1v) is 10.6. The molecule has 2 N–H and O–H groups in total. The van der Waals surface area contributed by atoms with Crippen LogP contribution < -0.4 is 10.6 Å². The second-order valence-corrected chi connectivity index (χ2v) is 9.37. The van der Waals surface area contributed by atoms with Crippen molar-refractivity contribution in [3.8, 4) is 0 Å². The van der Waals surface area contributed by atoms with E-state index in [1.54, 1.807) is 0 Å². The molecule has 0 aliphatic carbocycles. The van der Waals surface area contributed by atoms with E-state index in [4.69, 9.17) is 4.74 Å². The number of thioether (sulfide) groups is 1. The maximum Gasteiger partial charge on any atom is 0.408 e. The molecule has 2 rings (SSSR count). The highest BCUT2D eigenvalue weighted by Crippen LogP contribution is 2.24. The van der Waals surface area contributed by atoms with E-state index < -0.39 is 17.7 Å². The lowest BCUT2D eigenvalue weighted by Gasteiger charge is -2.24. The van der Waals surface area contributed by atoms with Crippen LogP contribution in [0.25, 0.3) is 0 Å². The number of carbonyl (C=O) groups is 2. The molecule has 1 aromatic carbocycles. The van der Waals surface area contributed by atoms with E-state index in [0.717, 1.165) is 17.0 Å². The van der Waals surface area contributed by atoms with Crippen LogP contribution in [0, 0.1) is 5.92 Å². The Hall–Kier alpha value is -2.02. The van der Waals surface area contributed by atoms with Crippen molar-refractivity contribution < 1.29 is 14.3 Å². The molecule has 2 amide bonds. The standard InChI is InChI=1S/C21H31N3O3S/c1-14(2)11-16(24-20(26)27-21(3,4)5)19-23-17(13-28-19)18(25)22-12-15-9-7-6-8-10-15/h6-10,14,16-17H,11-13H2,1-5H3,(H,22,25)(H,24,26)/t16-,17-/m0/s1. The lowest BCUT2D eigenvalue weighted by molar-refractivity contribution is -0.121.